The maximum atomic E-state index is 13.8. The Morgan fingerprint density at radius 3 is 2.92 bits per heavy atom. The number of morpholine rings is 1. The van der Waals surface area contributed by atoms with Crippen LogP contribution in [0.25, 0.3) is 0 Å². The number of aromatic nitrogens is 2. The van der Waals surface area contributed by atoms with Gasteiger partial charge in [-0.25, -0.2) is 0 Å². The standard InChI is InChI=1S/C16H19FN4O3/c1-11-8-12(2)20(18-11)10-13-9-19(6-7-24-13)15-5-3-4-14(17)16(15)21(22)23/h3-5,8,13H,6-7,9-10H2,1-2H3. The highest BCUT2D eigenvalue weighted by molar-refractivity contribution is 5.64. The fourth-order valence-electron chi connectivity index (χ4n) is 3.04. The van der Waals surface area contributed by atoms with Gasteiger partial charge in [0, 0.05) is 18.8 Å². The van der Waals surface area contributed by atoms with Crippen LogP contribution in [0.15, 0.2) is 24.3 Å². The van der Waals surface area contributed by atoms with Crippen molar-refractivity contribution in [3.63, 3.8) is 0 Å². The van der Waals surface area contributed by atoms with Crippen molar-refractivity contribution < 1.29 is 14.1 Å². The quantitative estimate of drug-likeness (QED) is 0.634. The molecule has 0 saturated carbocycles. The minimum absolute atomic E-state index is 0.167. The molecular weight excluding hydrogens is 315 g/mol. The Morgan fingerprint density at radius 1 is 1.46 bits per heavy atom. The second-order valence-electron chi connectivity index (χ2n) is 5.91. The van der Waals surface area contributed by atoms with E-state index in [-0.39, 0.29) is 6.10 Å². The summed E-state index contributed by atoms with van der Waals surface area (Å²) in [5.41, 5.74) is 1.77. The Balaban J connectivity index is 1.80. The van der Waals surface area contributed by atoms with Crippen molar-refractivity contribution in [2.75, 3.05) is 24.6 Å². The van der Waals surface area contributed by atoms with Crippen LogP contribution in [0.5, 0.6) is 0 Å². The van der Waals surface area contributed by atoms with E-state index in [2.05, 4.69) is 5.10 Å². The number of ether oxygens (including phenoxy) is 1. The molecule has 8 heteroatoms. The van der Waals surface area contributed by atoms with Crippen molar-refractivity contribution in [3.8, 4) is 0 Å². The van der Waals surface area contributed by atoms with Crippen LogP contribution >= 0.6 is 0 Å². The smallest absolute Gasteiger partial charge is 0.327 e. The largest absolute Gasteiger partial charge is 0.373 e. The maximum absolute atomic E-state index is 13.8. The van der Waals surface area contributed by atoms with Gasteiger partial charge in [-0.05, 0) is 32.0 Å². The molecule has 7 nitrogen and oxygen atoms in total. The van der Waals surface area contributed by atoms with Crippen molar-refractivity contribution in [2.45, 2.75) is 26.5 Å². The third kappa shape index (κ3) is 3.23. The number of rotatable bonds is 4. The zero-order chi connectivity index (χ0) is 17.3. The van der Waals surface area contributed by atoms with Gasteiger partial charge in [0.2, 0.25) is 5.82 Å². The number of anilines is 1. The summed E-state index contributed by atoms with van der Waals surface area (Å²) in [6, 6.07) is 6.16. The Hall–Kier alpha value is -2.48. The number of nitrogens with zero attached hydrogens (tertiary/aromatic N) is 4. The maximum Gasteiger partial charge on any atom is 0.327 e. The lowest BCUT2D eigenvalue weighted by Gasteiger charge is -2.34. The van der Waals surface area contributed by atoms with Gasteiger partial charge in [-0.15, -0.1) is 0 Å². The van der Waals surface area contributed by atoms with Crippen molar-refractivity contribution in [1.82, 2.24) is 9.78 Å². The number of nitro groups is 1. The molecule has 1 saturated heterocycles. The van der Waals surface area contributed by atoms with Crippen molar-refractivity contribution in [3.05, 3.63) is 51.6 Å². The van der Waals surface area contributed by atoms with Gasteiger partial charge in [0.1, 0.15) is 5.69 Å². The lowest BCUT2D eigenvalue weighted by Crippen LogP contribution is -2.44. The highest BCUT2D eigenvalue weighted by Gasteiger charge is 2.29. The number of halogens is 1. The van der Waals surface area contributed by atoms with Crippen LogP contribution in [0.1, 0.15) is 11.4 Å². The van der Waals surface area contributed by atoms with Crippen LogP contribution < -0.4 is 4.90 Å². The van der Waals surface area contributed by atoms with E-state index in [4.69, 9.17) is 4.74 Å². The number of nitro benzene ring substituents is 1. The summed E-state index contributed by atoms with van der Waals surface area (Å²) in [6.07, 6.45) is -0.167. The summed E-state index contributed by atoms with van der Waals surface area (Å²) in [4.78, 5) is 12.3. The molecule has 2 aromatic rings. The number of para-hydroxylation sites is 1. The van der Waals surface area contributed by atoms with Gasteiger partial charge >= 0.3 is 5.69 Å². The summed E-state index contributed by atoms with van der Waals surface area (Å²) in [5.74, 6) is -0.820. The van der Waals surface area contributed by atoms with E-state index in [1.54, 1.807) is 11.0 Å². The molecule has 0 spiro atoms. The van der Waals surface area contributed by atoms with Crippen LogP contribution in [-0.2, 0) is 11.3 Å². The molecule has 1 unspecified atom stereocenters. The minimum atomic E-state index is -0.820. The fourth-order valence-corrected chi connectivity index (χ4v) is 3.04. The van der Waals surface area contributed by atoms with Crippen LogP contribution in [-0.4, -0.2) is 40.5 Å². The molecule has 0 amide bonds. The van der Waals surface area contributed by atoms with E-state index in [1.807, 2.05) is 24.6 Å². The minimum Gasteiger partial charge on any atom is -0.373 e. The van der Waals surface area contributed by atoms with Crippen molar-refractivity contribution in [1.29, 1.82) is 0 Å². The SMILES string of the molecule is Cc1cc(C)n(CC2CN(c3cccc(F)c3[N+](=O)[O-])CCO2)n1. The van der Waals surface area contributed by atoms with Crippen LogP contribution in [0.4, 0.5) is 15.8 Å². The van der Waals surface area contributed by atoms with Gasteiger partial charge in [-0.1, -0.05) is 6.07 Å². The lowest BCUT2D eigenvalue weighted by molar-refractivity contribution is -0.386. The van der Waals surface area contributed by atoms with Crippen molar-refractivity contribution >= 4 is 11.4 Å². The Labute approximate surface area is 138 Å². The predicted octanol–water partition coefficient (Wildman–Crippen LogP) is 2.45. The number of hydrogen-bond donors (Lipinski definition) is 0. The average molecular weight is 334 g/mol. The first-order valence-electron chi connectivity index (χ1n) is 7.76. The van der Waals surface area contributed by atoms with E-state index in [0.717, 1.165) is 17.5 Å². The molecule has 0 bridgehead atoms. The molecule has 3 rings (SSSR count). The molecule has 0 N–H and O–H groups in total. The molecule has 0 aliphatic carbocycles. The molecule has 1 atom stereocenters. The van der Waals surface area contributed by atoms with E-state index in [0.29, 0.717) is 31.9 Å². The van der Waals surface area contributed by atoms with Gasteiger partial charge in [0.05, 0.1) is 29.9 Å². The van der Waals surface area contributed by atoms with Crippen LogP contribution in [0.3, 0.4) is 0 Å². The average Bonchev–Trinajstić information content (AvgIpc) is 2.84. The van der Waals surface area contributed by atoms with E-state index in [1.165, 1.54) is 6.07 Å². The molecule has 1 aliphatic rings. The number of aryl methyl sites for hydroxylation is 2. The Morgan fingerprint density at radius 2 is 2.25 bits per heavy atom. The first-order valence-corrected chi connectivity index (χ1v) is 7.76. The zero-order valence-corrected chi connectivity index (χ0v) is 13.6. The van der Waals surface area contributed by atoms with Gasteiger partial charge in [0.15, 0.2) is 0 Å². The number of benzene rings is 1. The molecule has 0 radical (unpaired) electrons. The third-order valence-corrected chi connectivity index (χ3v) is 4.11. The zero-order valence-electron chi connectivity index (χ0n) is 13.6. The Bertz CT molecular complexity index is 762. The van der Waals surface area contributed by atoms with E-state index >= 15 is 0 Å². The summed E-state index contributed by atoms with van der Waals surface area (Å²) >= 11 is 0. The summed E-state index contributed by atoms with van der Waals surface area (Å²) < 4.78 is 21.5. The highest BCUT2D eigenvalue weighted by atomic mass is 19.1. The molecule has 1 aromatic heterocycles. The summed E-state index contributed by atoms with van der Waals surface area (Å²) in [6.45, 7) is 5.81. The third-order valence-electron chi connectivity index (χ3n) is 4.11. The topological polar surface area (TPSA) is 73.4 Å². The highest BCUT2D eigenvalue weighted by Crippen LogP contribution is 2.31. The monoisotopic (exact) mass is 334 g/mol. The molecule has 1 aliphatic heterocycles. The first-order chi connectivity index (χ1) is 11.5. The second kappa shape index (κ2) is 6.56. The molecule has 24 heavy (non-hydrogen) atoms. The molecule has 2 heterocycles. The van der Waals surface area contributed by atoms with Crippen molar-refractivity contribution in [2.24, 2.45) is 0 Å². The summed E-state index contributed by atoms with van der Waals surface area (Å²) in [7, 11) is 0. The lowest BCUT2D eigenvalue weighted by atomic mass is 10.2. The molecule has 1 aromatic carbocycles. The second-order valence-corrected chi connectivity index (χ2v) is 5.91. The molecule has 128 valence electrons. The first kappa shape index (κ1) is 16.4. The summed E-state index contributed by atoms with van der Waals surface area (Å²) in [5, 5.41) is 15.6. The van der Waals surface area contributed by atoms with Gasteiger partial charge in [0.25, 0.3) is 0 Å². The normalized spacial score (nSPS) is 18.0. The van der Waals surface area contributed by atoms with Crippen LogP contribution in [0, 0.1) is 29.8 Å². The van der Waals surface area contributed by atoms with Gasteiger partial charge in [-0.3, -0.25) is 14.8 Å². The predicted molar refractivity (Wildman–Crippen MR) is 86.7 cm³/mol. The van der Waals surface area contributed by atoms with Gasteiger partial charge in [-0.2, -0.15) is 9.49 Å². The van der Waals surface area contributed by atoms with E-state index < -0.39 is 16.4 Å². The number of hydrogen-bond acceptors (Lipinski definition) is 5. The van der Waals surface area contributed by atoms with Crippen LogP contribution in [0.2, 0.25) is 0 Å². The fraction of sp³-hybridized carbons (Fsp3) is 0.438. The molecule has 1 fully saturated rings. The molecular formula is C16H19FN4O3. The van der Waals surface area contributed by atoms with Gasteiger partial charge < -0.3 is 9.64 Å². The Kier molecular flexibility index (Phi) is 4.48. The van der Waals surface area contributed by atoms with E-state index in [9.17, 15) is 14.5 Å².